The Balaban J connectivity index is 3.43. The molecule has 2 N–H and O–H groups in total. The van der Waals surface area contributed by atoms with Crippen LogP contribution in [0, 0.1) is 0 Å². The molecule has 74 valence electrons. The highest BCUT2D eigenvalue weighted by Crippen LogP contribution is 1.93. The number of hydrogen-bond acceptors (Lipinski definition) is 3. The number of aliphatic hydroxyl groups is 1. The summed E-state index contributed by atoms with van der Waals surface area (Å²) in [7, 11) is 1.70. The van der Waals surface area contributed by atoms with Crippen molar-refractivity contribution in [3.8, 4) is 0 Å². The highest BCUT2D eigenvalue weighted by atomic mass is 16.5. The lowest BCUT2D eigenvalue weighted by Gasteiger charge is -2.17. The molecular weight excluding hydrogens is 154 g/mol. The van der Waals surface area contributed by atoms with Gasteiger partial charge < -0.3 is 15.2 Å². The summed E-state index contributed by atoms with van der Waals surface area (Å²) >= 11 is 0. The quantitative estimate of drug-likeness (QED) is 0.600. The fraction of sp³-hybridized carbons (Fsp3) is 1.00. The van der Waals surface area contributed by atoms with Crippen molar-refractivity contribution in [1.82, 2.24) is 5.32 Å². The van der Waals surface area contributed by atoms with E-state index in [-0.39, 0.29) is 6.10 Å². The minimum atomic E-state index is -0.226. The van der Waals surface area contributed by atoms with Gasteiger partial charge in [0.1, 0.15) is 0 Å². The number of methoxy groups -OCH3 is 1. The van der Waals surface area contributed by atoms with Crippen LogP contribution in [0.5, 0.6) is 0 Å². The maximum atomic E-state index is 9.27. The molecule has 0 bridgehead atoms. The maximum Gasteiger partial charge on any atom is 0.0662 e. The molecule has 0 heterocycles. The van der Waals surface area contributed by atoms with Crippen LogP contribution in [0.4, 0.5) is 0 Å². The Labute approximate surface area is 75.1 Å². The van der Waals surface area contributed by atoms with Gasteiger partial charge in [-0.15, -0.1) is 0 Å². The van der Waals surface area contributed by atoms with E-state index in [1.165, 1.54) is 0 Å². The maximum absolute atomic E-state index is 9.27. The minimum absolute atomic E-state index is 0.226. The molecule has 0 aromatic rings. The van der Waals surface area contributed by atoms with Crippen molar-refractivity contribution in [2.45, 2.75) is 38.8 Å². The van der Waals surface area contributed by atoms with Crippen molar-refractivity contribution in [3.05, 3.63) is 0 Å². The van der Waals surface area contributed by atoms with E-state index in [1.807, 2.05) is 6.92 Å². The van der Waals surface area contributed by atoms with Gasteiger partial charge in [0.15, 0.2) is 0 Å². The first-order chi connectivity index (χ1) is 5.74. The first kappa shape index (κ1) is 11.9. The van der Waals surface area contributed by atoms with Gasteiger partial charge in [-0.1, -0.05) is 13.8 Å². The lowest BCUT2D eigenvalue weighted by molar-refractivity contribution is 0.135. The number of rotatable bonds is 7. The highest BCUT2D eigenvalue weighted by Gasteiger charge is 2.06. The molecule has 0 aliphatic heterocycles. The fourth-order valence-corrected chi connectivity index (χ4v) is 0.969. The molecule has 0 amide bonds. The van der Waals surface area contributed by atoms with E-state index in [1.54, 1.807) is 7.11 Å². The molecule has 0 aliphatic rings. The zero-order valence-corrected chi connectivity index (χ0v) is 8.34. The van der Waals surface area contributed by atoms with Crippen molar-refractivity contribution in [1.29, 1.82) is 0 Å². The molecule has 0 spiro atoms. The summed E-state index contributed by atoms with van der Waals surface area (Å²) in [6.07, 6.45) is 1.61. The van der Waals surface area contributed by atoms with Gasteiger partial charge in [0.05, 0.1) is 12.7 Å². The van der Waals surface area contributed by atoms with E-state index in [0.29, 0.717) is 19.2 Å². The van der Waals surface area contributed by atoms with Crippen LogP contribution in [0.25, 0.3) is 0 Å². The second-order valence-corrected chi connectivity index (χ2v) is 3.03. The van der Waals surface area contributed by atoms with Crippen molar-refractivity contribution in [2.24, 2.45) is 0 Å². The summed E-state index contributed by atoms with van der Waals surface area (Å²) < 4.78 is 5.02. The Bertz CT molecular complexity index is 98.5. The van der Waals surface area contributed by atoms with Crippen LogP contribution >= 0.6 is 0 Å². The van der Waals surface area contributed by atoms with Crippen LogP contribution in [0.3, 0.4) is 0 Å². The molecule has 12 heavy (non-hydrogen) atoms. The van der Waals surface area contributed by atoms with E-state index >= 15 is 0 Å². The molecule has 0 rings (SSSR count). The van der Waals surface area contributed by atoms with E-state index in [2.05, 4.69) is 12.2 Å². The summed E-state index contributed by atoms with van der Waals surface area (Å²) in [5.41, 5.74) is 0. The van der Waals surface area contributed by atoms with Crippen molar-refractivity contribution in [3.63, 3.8) is 0 Å². The average Bonchev–Trinajstić information content (AvgIpc) is 2.11. The molecule has 0 aromatic heterocycles. The Morgan fingerprint density at radius 3 is 2.42 bits per heavy atom. The van der Waals surface area contributed by atoms with Gasteiger partial charge in [0.2, 0.25) is 0 Å². The number of hydrogen-bond donors (Lipinski definition) is 2. The van der Waals surface area contributed by atoms with Crippen molar-refractivity contribution in [2.75, 3.05) is 20.3 Å². The minimum Gasteiger partial charge on any atom is -0.392 e. The summed E-state index contributed by atoms with van der Waals surface area (Å²) in [6.45, 7) is 5.46. The second-order valence-electron chi connectivity index (χ2n) is 3.03. The predicted molar refractivity (Wildman–Crippen MR) is 50.3 cm³/mol. The molecular formula is C9H21NO2. The van der Waals surface area contributed by atoms with Gasteiger partial charge in [-0.3, -0.25) is 0 Å². The van der Waals surface area contributed by atoms with Crippen molar-refractivity contribution < 1.29 is 9.84 Å². The Morgan fingerprint density at radius 1 is 1.33 bits per heavy atom. The molecule has 0 radical (unpaired) electrons. The standard InChI is InChI=1S/C9H21NO2/c1-4-8(7-12-3)10-6-9(11)5-2/h8-11H,4-7H2,1-3H3. The SMILES string of the molecule is CCC(O)CNC(CC)COC. The van der Waals surface area contributed by atoms with Crippen molar-refractivity contribution >= 4 is 0 Å². The molecule has 3 heteroatoms. The largest absolute Gasteiger partial charge is 0.392 e. The topological polar surface area (TPSA) is 41.5 Å². The van der Waals surface area contributed by atoms with Crippen LogP contribution < -0.4 is 5.32 Å². The molecule has 2 unspecified atom stereocenters. The molecule has 3 nitrogen and oxygen atoms in total. The smallest absolute Gasteiger partial charge is 0.0662 e. The molecule has 0 saturated heterocycles. The molecule has 2 atom stereocenters. The molecule has 0 fully saturated rings. The lowest BCUT2D eigenvalue weighted by atomic mass is 10.2. The van der Waals surface area contributed by atoms with Crippen LogP contribution in [0.15, 0.2) is 0 Å². The Hall–Kier alpha value is -0.120. The zero-order valence-electron chi connectivity index (χ0n) is 8.34. The van der Waals surface area contributed by atoms with Gasteiger partial charge in [-0.05, 0) is 12.8 Å². The first-order valence-electron chi connectivity index (χ1n) is 4.64. The van der Waals surface area contributed by atoms with Gasteiger partial charge in [0.25, 0.3) is 0 Å². The predicted octanol–water partition coefficient (Wildman–Crippen LogP) is 0.772. The van der Waals surface area contributed by atoms with Gasteiger partial charge in [-0.25, -0.2) is 0 Å². The summed E-state index contributed by atoms with van der Waals surface area (Å²) in [4.78, 5) is 0. The summed E-state index contributed by atoms with van der Waals surface area (Å²) in [6, 6.07) is 0.371. The van der Waals surface area contributed by atoms with E-state index in [4.69, 9.17) is 4.74 Å². The zero-order chi connectivity index (χ0) is 9.40. The summed E-state index contributed by atoms with van der Waals surface area (Å²) in [5, 5.41) is 12.5. The first-order valence-corrected chi connectivity index (χ1v) is 4.64. The van der Waals surface area contributed by atoms with Gasteiger partial charge >= 0.3 is 0 Å². The normalized spacial score (nSPS) is 16.0. The van der Waals surface area contributed by atoms with E-state index in [0.717, 1.165) is 12.8 Å². The third-order valence-corrected chi connectivity index (χ3v) is 1.97. The number of nitrogens with one attached hydrogen (secondary N) is 1. The third-order valence-electron chi connectivity index (χ3n) is 1.97. The third kappa shape index (κ3) is 5.52. The number of ether oxygens (including phenoxy) is 1. The fourth-order valence-electron chi connectivity index (χ4n) is 0.969. The molecule has 0 saturated carbocycles. The van der Waals surface area contributed by atoms with Crippen LogP contribution in [0.2, 0.25) is 0 Å². The van der Waals surface area contributed by atoms with Crippen LogP contribution in [-0.2, 0) is 4.74 Å². The Kier molecular flexibility index (Phi) is 7.45. The second kappa shape index (κ2) is 7.53. The van der Waals surface area contributed by atoms with Crippen LogP contribution in [-0.4, -0.2) is 37.5 Å². The van der Waals surface area contributed by atoms with Gasteiger partial charge in [-0.2, -0.15) is 0 Å². The van der Waals surface area contributed by atoms with E-state index in [9.17, 15) is 5.11 Å². The molecule has 0 aliphatic carbocycles. The number of aliphatic hydroxyl groups excluding tert-OH is 1. The lowest BCUT2D eigenvalue weighted by Crippen LogP contribution is -2.37. The molecule has 0 aromatic carbocycles. The highest BCUT2D eigenvalue weighted by molar-refractivity contribution is 4.66. The van der Waals surface area contributed by atoms with Crippen LogP contribution in [0.1, 0.15) is 26.7 Å². The van der Waals surface area contributed by atoms with E-state index < -0.39 is 0 Å². The van der Waals surface area contributed by atoms with Gasteiger partial charge in [0, 0.05) is 19.7 Å². The monoisotopic (exact) mass is 175 g/mol. The Morgan fingerprint density at radius 2 is 2.00 bits per heavy atom. The average molecular weight is 175 g/mol. The summed E-state index contributed by atoms with van der Waals surface area (Å²) in [5.74, 6) is 0.